The SMILES string of the molecule is COC(=O)CCCCN1CCCC1=O. The largest absolute Gasteiger partial charge is 0.469 e. The molecule has 4 heteroatoms. The molecule has 1 rings (SSSR count). The van der Waals surface area contributed by atoms with Gasteiger partial charge in [-0.15, -0.1) is 0 Å². The van der Waals surface area contributed by atoms with Crippen molar-refractivity contribution in [1.82, 2.24) is 4.90 Å². The molecule has 0 saturated carbocycles. The Bertz CT molecular complexity index is 215. The fraction of sp³-hybridized carbons (Fsp3) is 0.800. The van der Waals surface area contributed by atoms with Gasteiger partial charge in [0, 0.05) is 25.9 Å². The summed E-state index contributed by atoms with van der Waals surface area (Å²) in [6.07, 6.45) is 3.82. The van der Waals surface area contributed by atoms with Gasteiger partial charge < -0.3 is 9.64 Å². The average Bonchev–Trinajstić information content (AvgIpc) is 2.58. The highest BCUT2D eigenvalue weighted by Gasteiger charge is 2.18. The van der Waals surface area contributed by atoms with Crippen molar-refractivity contribution in [1.29, 1.82) is 0 Å². The molecule has 0 spiro atoms. The summed E-state index contributed by atoms with van der Waals surface area (Å²) in [6, 6.07) is 0. The van der Waals surface area contributed by atoms with Gasteiger partial charge in [-0.3, -0.25) is 9.59 Å². The van der Waals surface area contributed by atoms with E-state index < -0.39 is 0 Å². The second-order valence-electron chi connectivity index (χ2n) is 3.52. The first-order chi connectivity index (χ1) is 6.74. The average molecular weight is 199 g/mol. The van der Waals surface area contributed by atoms with E-state index in [4.69, 9.17) is 0 Å². The minimum atomic E-state index is -0.169. The lowest BCUT2D eigenvalue weighted by Crippen LogP contribution is -2.25. The lowest BCUT2D eigenvalue weighted by Gasteiger charge is -2.14. The van der Waals surface area contributed by atoms with E-state index in [9.17, 15) is 9.59 Å². The van der Waals surface area contributed by atoms with Crippen molar-refractivity contribution in [2.75, 3.05) is 20.2 Å². The van der Waals surface area contributed by atoms with Crippen LogP contribution in [-0.4, -0.2) is 37.0 Å². The number of carbonyl (C=O) groups excluding carboxylic acids is 2. The first kappa shape index (κ1) is 11.0. The van der Waals surface area contributed by atoms with Crippen LogP contribution in [0.4, 0.5) is 0 Å². The number of esters is 1. The molecule has 0 radical (unpaired) electrons. The Hall–Kier alpha value is -1.06. The van der Waals surface area contributed by atoms with Crippen molar-refractivity contribution in [2.24, 2.45) is 0 Å². The lowest BCUT2D eigenvalue weighted by molar-refractivity contribution is -0.140. The summed E-state index contributed by atoms with van der Waals surface area (Å²) in [7, 11) is 1.40. The van der Waals surface area contributed by atoms with Gasteiger partial charge in [-0.05, 0) is 19.3 Å². The highest BCUT2D eigenvalue weighted by molar-refractivity contribution is 5.78. The standard InChI is InChI=1S/C10H17NO3/c1-14-10(13)6-2-3-7-11-8-4-5-9(11)12/h2-8H2,1H3. The van der Waals surface area contributed by atoms with E-state index in [1.807, 2.05) is 4.90 Å². The van der Waals surface area contributed by atoms with E-state index in [2.05, 4.69) is 4.74 Å². The Labute approximate surface area is 84.2 Å². The third-order valence-corrected chi connectivity index (χ3v) is 2.46. The summed E-state index contributed by atoms with van der Waals surface area (Å²) in [6.45, 7) is 1.67. The summed E-state index contributed by atoms with van der Waals surface area (Å²) >= 11 is 0. The molecule has 1 saturated heterocycles. The molecule has 0 atom stereocenters. The zero-order valence-corrected chi connectivity index (χ0v) is 8.62. The van der Waals surface area contributed by atoms with Crippen molar-refractivity contribution in [3.63, 3.8) is 0 Å². The highest BCUT2D eigenvalue weighted by atomic mass is 16.5. The fourth-order valence-corrected chi connectivity index (χ4v) is 1.61. The summed E-state index contributed by atoms with van der Waals surface area (Å²) in [5, 5.41) is 0. The third kappa shape index (κ3) is 3.36. The van der Waals surface area contributed by atoms with Gasteiger partial charge in [-0.1, -0.05) is 0 Å². The molecule has 80 valence electrons. The van der Waals surface area contributed by atoms with Gasteiger partial charge in [-0.25, -0.2) is 0 Å². The van der Waals surface area contributed by atoms with Crippen molar-refractivity contribution in [3.8, 4) is 0 Å². The van der Waals surface area contributed by atoms with Gasteiger partial charge >= 0.3 is 5.97 Å². The van der Waals surface area contributed by atoms with E-state index in [1.165, 1.54) is 7.11 Å². The van der Waals surface area contributed by atoms with Crippen LogP contribution in [0.25, 0.3) is 0 Å². The third-order valence-electron chi connectivity index (χ3n) is 2.46. The van der Waals surface area contributed by atoms with Gasteiger partial charge in [0.25, 0.3) is 0 Å². The van der Waals surface area contributed by atoms with Crippen LogP contribution in [0.15, 0.2) is 0 Å². The van der Waals surface area contributed by atoms with Crippen molar-refractivity contribution in [2.45, 2.75) is 32.1 Å². The number of nitrogens with zero attached hydrogens (tertiary/aromatic N) is 1. The molecule has 0 aliphatic carbocycles. The molecule has 0 aromatic rings. The predicted molar refractivity (Wildman–Crippen MR) is 51.7 cm³/mol. The maximum atomic E-state index is 11.2. The molecule has 4 nitrogen and oxygen atoms in total. The lowest BCUT2D eigenvalue weighted by atomic mass is 10.2. The number of unbranched alkanes of at least 4 members (excludes halogenated alkanes) is 1. The second kappa shape index (κ2) is 5.62. The van der Waals surface area contributed by atoms with Gasteiger partial charge in [0.2, 0.25) is 5.91 Å². The van der Waals surface area contributed by atoms with Gasteiger partial charge in [0.1, 0.15) is 0 Å². The number of rotatable bonds is 5. The Morgan fingerprint density at radius 1 is 1.50 bits per heavy atom. The van der Waals surface area contributed by atoms with Crippen molar-refractivity contribution >= 4 is 11.9 Å². The summed E-state index contributed by atoms with van der Waals surface area (Å²) in [4.78, 5) is 23.8. The van der Waals surface area contributed by atoms with Crippen LogP contribution in [0, 0.1) is 0 Å². The van der Waals surface area contributed by atoms with Crippen LogP contribution in [-0.2, 0) is 14.3 Å². The van der Waals surface area contributed by atoms with E-state index in [1.54, 1.807) is 0 Å². The van der Waals surface area contributed by atoms with Gasteiger partial charge in [-0.2, -0.15) is 0 Å². The molecule has 1 aliphatic rings. The minimum Gasteiger partial charge on any atom is -0.469 e. The Balaban J connectivity index is 2.03. The molecule has 0 bridgehead atoms. The highest BCUT2D eigenvalue weighted by Crippen LogP contribution is 2.10. The second-order valence-corrected chi connectivity index (χ2v) is 3.52. The molecule has 1 aliphatic heterocycles. The van der Waals surface area contributed by atoms with Crippen LogP contribution in [0.3, 0.4) is 0 Å². The Morgan fingerprint density at radius 3 is 2.86 bits per heavy atom. The molecule has 14 heavy (non-hydrogen) atoms. The summed E-state index contributed by atoms with van der Waals surface area (Å²) < 4.78 is 4.52. The molecule has 1 heterocycles. The maximum absolute atomic E-state index is 11.2. The number of methoxy groups -OCH3 is 1. The topological polar surface area (TPSA) is 46.6 Å². The summed E-state index contributed by atoms with van der Waals surface area (Å²) in [5.41, 5.74) is 0. The van der Waals surface area contributed by atoms with Crippen LogP contribution in [0.2, 0.25) is 0 Å². The first-order valence-electron chi connectivity index (χ1n) is 5.08. The number of likely N-dealkylation sites (tertiary alicyclic amines) is 1. The van der Waals surface area contributed by atoms with Crippen LogP contribution in [0.1, 0.15) is 32.1 Å². The quantitative estimate of drug-likeness (QED) is 0.489. The molecule has 0 aromatic carbocycles. The number of hydrogen-bond donors (Lipinski definition) is 0. The molecular weight excluding hydrogens is 182 g/mol. The van der Waals surface area contributed by atoms with E-state index in [0.29, 0.717) is 12.8 Å². The van der Waals surface area contributed by atoms with Gasteiger partial charge in [0.05, 0.1) is 7.11 Å². The minimum absolute atomic E-state index is 0.169. The first-order valence-corrected chi connectivity index (χ1v) is 5.08. The van der Waals surface area contributed by atoms with Crippen molar-refractivity contribution < 1.29 is 14.3 Å². The Morgan fingerprint density at radius 2 is 2.29 bits per heavy atom. The molecule has 0 unspecified atom stereocenters. The molecule has 1 amide bonds. The number of ether oxygens (including phenoxy) is 1. The predicted octanol–water partition coefficient (Wildman–Crippen LogP) is 0.952. The number of carbonyl (C=O) groups is 2. The van der Waals surface area contributed by atoms with Crippen LogP contribution < -0.4 is 0 Å². The van der Waals surface area contributed by atoms with E-state index >= 15 is 0 Å². The normalized spacial score (nSPS) is 16.1. The van der Waals surface area contributed by atoms with Gasteiger partial charge in [0.15, 0.2) is 0 Å². The summed E-state index contributed by atoms with van der Waals surface area (Å²) in [5.74, 6) is 0.0841. The maximum Gasteiger partial charge on any atom is 0.305 e. The smallest absolute Gasteiger partial charge is 0.305 e. The van der Waals surface area contributed by atoms with Crippen molar-refractivity contribution in [3.05, 3.63) is 0 Å². The number of amides is 1. The monoisotopic (exact) mass is 199 g/mol. The van der Waals surface area contributed by atoms with Crippen LogP contribution >= 0.6 is 0 Å². The number of hydrogen-bond acceptors (Lipinski definition) is 3. The Kier molecular flexibility index (Phi) is 4.43. The van der Waals surface area contributed by atoms with E-state index in [0.717, 1.165) is 32.4 Å². The van der Waals surface area contributed by atoms with E-state index in [-0.39, 0.29) is 11.9 Å². The molecule has 0 aromatic heterocycles. The molecule has 1 fully saturated rings. The van der Waals surface area contributed by atoms with Crippen LogP contribution in [0.5, 0.6) is 0 Å². The zero-order chi connectivity index (χ0) is 10.4. The molecule has 0 N–H and O–H groups in total. The fourth-order valence-electron chi connectivity index (χ4n) is 1.61. The zero-order valence-electron chi connectivity index (χ0n) is 8.62. The molecular formula is C10H17NO3.